The summed E-state index contributed by atoms with van der Waals surface area (Å²) in [4.78, 5) is 19.9. The van der Waals surface area contributed by atoms with Gasteiger partial charge in [-0.1, -0.05) is 42.0 Å². The molecule has 5 rings (SSSR count). The molecular weight excluding hydrogens is 438 g/mol. The van der Waals surface area contributed by atoms with Crippen molar-refractivity contribution in [3.8, 4) is 11.5 Å². The van der Waals surface area contributed by atoms with Gasteiger partial charge in [-0.2, -0.15) is 0 Å². The van der Waals surface area contributed by atoms with Gasteiger partial charge in [0.25, 0.3) is 0 Å². The fraction of sp³-hybridized carbons (Fsp3) is 0.310. The first-order valence-electron chi connectivity index (χ1n) is 12.3. The molecular formula is C29H31N3O3. The van der Waals surface area contributed by atoms with Crippen molar-refractivity contribution in [2.45, 2.75) is 39.2 Å². The minimum Gasteiger partial charge on any atom is -0.494 e. The highest BCUT2D eigenvalue weighted by Gasteiger charge is 2.35. The highest BCUT2D eigenvalue weighted by Crippen LogP contribution is 2.37. The van der Waals surface area contributed by atoms with Crippen molar-refractivity contribution in [1.29, 1.82) is 0 Å². The monoisotopic (exact) mass is 469 g/mol. The third-order valence-electron chi connectivity index (χ3n) is 6.45. The van der Waals surface area contributed by atoms with Crippen LogP contribution in [0, 0.1) is 6.92 Å². The Bertz CT molecular complexity index is 1310. The molecule has 0 spiro atoms. The molecule has 1 aliphatic heterocycles. The van der Waals surface area contributed by atoms with Crippen LogP contribution in [-0.4, -0.2) is 35.2 Å². The Hall–Kier alpha value is -3.80. The Morgan fingerprint density at radius 1 is 0.971 bits per heavy atom. The van der Waals surface area contributed by atoms with Gasteiger partial charge in [0.05, 0.1) is 29.9 Å². The Balaban J connectivity index is 1.35. The number of ether oxygens (including phenoxy) is 2. The van der Waals surface area contributed by atoms with E-state index in [0.29, 0.717) is 26.2 Å². The molecule has 180 valence electrons. The van der Waals surface area contributed by atoms with Gasteiger partial charge in [-0.05, 0) is 56.7 Å². The maximum absolute atomic E-state index is 13.1. The number of aromatic nitrogens is 2. The van der Waals surface area contributed by atoms with Crippen LogP contribution < -0.4 is 14.4 Å². The molecule has 0 bridgehead atoms. The normalized spacial score (nSPS) is 15.7. The number of rotatable bonds is 9. The van der Waals surface area contributed by atoms with E-state index in [1.54, 1.807) is 0 Å². The maximum atomic E-state index is 13.1. The average molecular weight is 470 g/mol. The zero-order chi connectivity index (χ0) is 24.2. The molecule has 1 aromatic heterocycles. The Labute approximate surface area is 206 Å². The molecule has 0 radical (unpaired) electrons. The van der Waals surface area contributed by atoms with Gasteiger partial charge < -0.3 is 18.9 Å². The molecule has 4 aromatic rings. The smallest absolute Gasteiger partial charge is 0.227 e. The van der Waals surface area contributed by atoms with E-state index in [0.717, 1.165) is 47.0 Å². The minimum absolute atomic E-state index is 0.0163. The number of carbonyl (C=O) groups excluding carboxylic acids is 1. The zero-order valence-electron chi connectivity index (χ0n) is 20.3. The molecule has 0 N–H and O–H groups in total. The van der Waals surface area contributed by atoms with Crippen LogP contribution >= 0.6 is 0 Å². The third kappa shape index (κ3) is 4.87. The van der Waals surface area contributed by atoms with Gasteiger partial charge in [-0.3, -0.25) is 4.79 Å². The molecule has 6 heteroatoms. The van der Waals surface area contributed by atoms with Crippen molar-refractivity contribution < 1.29 is 14.3 Å². The largest absolute Gasteiger partial charge is 0.494 e. The summed E-state index contributed by atoms with van der Waals surface area (Å²) in [6.45, 7) is 6.57. The summed E-state index contributed by atoms with van der Waals surface area (Å²) in [5.41, 5.74) is 4.10. The Morgan fingerprint density at radius 2 is 1.74 bits per heavy atom. The summed E-state index contributed by atoms with van der Waals surface area (Å²) in [6, 6.07) is 24.1. The van der Waals surface area contributed by atoms with Crippen LogP contribution in [0.25, 0.3) is 11.0 Å². The fourth-order valence-corrected chi connectivity index (χ4v) is 4.76. The third-order valence-corrected chi connectivity index (χ3v) is 6.45. The van der Waals surface area contributed by atoms with Crippen LogP contribution in [0.5, 0.6) is 11.5 Å². The van der Waals surface area contributed by atoms with E-state index in [-0.39, 0.29) is 11.8 Å². The topological polar surface area (TPSA) is 56.6 Å². The van der Waals surface area contributed by atoms with Gasteiger partial charge in [0.2, 0.25) is 5.91 Å². The highest BCUT2D eigenvalue weighted by atomic mass is 16.5. The summed E-state index contributed by atoms with van der Waals surface area (Å²) in [5.74, 6) is 2.71. The van der Waals surface area contributed by atoms with E-state index < -0.39 is 0 Å². The minimum atomic E-state index is 0.0163. The molecule has 1 saturated heterocycles. The summed E-state index contributed by atoms with van der Waals surface area (Å²) >= 11 is 0. The SMILES string of the molecule is CCOc1ccccc1N1C[C@H](c2nc3ccccc3n2CCCOc2ccc(C)cc2)CC1=O. The van der Waals surface area contributed by atoms with E-state index in [2.05, 4.69) is 29.7 Å². The van der Waals surface area contributed by atoms with Crippen LogP contribution in [0.3, 0.4) is 0 Å². The number of hydrogen-bond donors (Lipinski definition) is 0. The second-order valence-corrected chi connectivity index (χ2v) is 8.93. The average Bonchev–Trinajstić information content (AvgIpc) is 3.44. The van der Waals surface area contributed by atoms with Crippen LogP contribution in [0.4, 0.5) is 5.69 Å². The molecule has 35 heavy (non-hydrogen) atoms. The van der Waals surface area contributed by atoms with Gasteiger partial charge in [0, 0.05) is 25.4 Å². The van der Waals surface area contributed by atoms with Crippen LogP contribution in [0.1, 0.15) is 37.1 Å². The first-order valence-corrected chi connectivity index (χ1v) is 12.3. The summed E-state index contributed by atoms with van der Waals surface area (Å²) in [7, 11) is 0. The number of nitrogens with zero attached hydrogens (tertiary/aromatic N) is 3. The van der Waals surface area contributed by atoms with Crippen molar-refractivity contribution in [3.63, 3.8) is 0 Å². The number of aryl methyl sites for hydroxylation is 2. The van der Waals surface area contributed by atoms with E-state index in [1.807, 2.05) is 66.4 Å². The summed E-state index contributed by atoms with van der Waals surface area (Å²) in [5, 5.41) is 0. The molecule has 3 aromatic carbocycles. The van der Waals surface area contributed by atoms with Crippen molar-refractivity contribution in [2.24, 2.45) is 0 Å². The lowest BCUT2D eigenvalue weighted by Gasteiger charge is -2.20. The second-order valence-electron chi connectivity index (χ2n) is 8.93. The van der Waals surface area contributed by atoms with Gasteiger partial charge in [0.15, 0.2) is 0 Å². The lowest BCUT2D eigenvalue weighted by atomic mass is 10.1. The Morgan fingerprint density at radius 3 is 2.57 bits per heavy atom. The summed E-state index contributed by atoms with van der Waals surface area (Å²) < 4.78 is 14.0. The molecule has 1 aliphatic rings. The molecule has 1 fully saturated rings. The van der Waals surface area contributed by atoms with Crippen LogP contribution in [0.2, 0.25) is 0 Å². The van der Waals surface area contributed by atoms with Crippen LogP contribution in [-0.2, 0) is 11.3 Å². The van der Waals surface area contributed by atoms with E-state index in [9.17, 15) is 4.79 Å². The number of para-hydroxylation sites is 4. The van der Waals surface area contributed by atoms with Crippen LogP contribution in [0.15, 0.2) is 72.8 Å². The van der Waals surface area contributed by atoms with Gasteiger partial charge in [0.1, 0.15) is 17.3 Å². The zero-order valence-corrected chi connectivity index (χ0v) is 20.3. The summed E-state index contributed by atoms with van der Waals surface area (Å²) in [6.07, 6.45) is 1.28. The Kier molecular flexibility index (Phi) is 6.70. The predicted molar refractivity (Wildman–Crippen MR) is 138 cm³/mol. The number of carbonyl (C=O) groups is 1. The lowest BCUT2D eigenvalue weighted by Crippen LogP contribution is -2.25. The number of fused-ring (bicyclic) bond motifs is 1. The van der Waals surface area contributed by atoms with Crippen molar-refractivity contribution in [3.05, 3.63) is 84.2 Å². The quantitative estimate of drug-likeness (QED) is 0.294. The molecule has 1 amide bonds. The number of benzene rings is 3. The molecule has 0 aliphatic carbocycles. The number of imidazole rings is 1. The maximum Gasteiger partial charge on any atom is 0.227 e. The second kappa shape index (κ2) is 10.2. The van der Waals surface area contributed by atoms with Crippen molar-refractivity contribution in [2.75, 3.05) is 24.7 Å². The molecule has 2 heterocycles. The highest BCUT2D eigenvalue weighted by molar-refractivity contribution is 5.97. The first-order chi connectivity index (χ1) is 17.1. The molecule has 0 saturated carbocycles. The number of anilines is 1. The van der Waals surface area contributed by atoms with Gasteiger partial charge >= 0.3 is 0 Å². The van der Waals surface area contributed by atoms with E-state index in [4.69, 9.17) is 14.5 Å². The standard InChI is InChI=1S/C29H31N3O3/c1-3-34-27-12-7-6-11-26(27)32-20-22(19-28(32)33)29-30-24-9-4-5-10-25(24)31(29)17-8-18-35-23-15-13-21(2)14-16-23/h4-7,9-16,22H,3,8,17-20H2,1-2H3/t22-/m1/s1. The van der Waals surface area contributed by atoms with Crippen molar-refractivity contribution >= 4 is 22.6 Å². The van der Waals surface area contributed by atoms with Gasteiger partial charge in [-0.25, -0.2) is 4.98 Å². The first kappa shape index (κ1) is 23.0. The van der Waals surface area contributed by atoms with E-state index >= 15 is 0 Å². The van der Waals surface area contributed by atoms with Gasteiger partial charge in [-0.15, -0.1) is 0 Å². The molecule has 6 nitrogen and oxygen atoms in total. The number of amides is 1. The molecule has 1 atom stereocenters. The fourth-order valence-electron chi connectivity index (χ4n) is 4.76. The number of hydrogen-bond acceptors (Lipinski definition) is 4. The molecule has 0 unspecified atom stereocenters. The van der Waals surface area contributed by atoms with E-state index in [1.165, 1.54) is 5.56 Å². The van der Waals surface area contributed by atoms with Crippen molar-refractivity contribution in [1.82, 2.24) is 9.55 Å². The predicted octanol–water partition coefficient (Wildman–Crippen LogP) is 5.73. The lowest BCUT2D eigenvalue weighted by molar-refractivity contribution is -0.117.